The van der Waals surface area contributed by atoms with Gasteiger partial charge >= 0.3 is 74.1 Å². The number of hydrogen-bond acceptors (Lipinski definition) is 1. The molecule has 0 bridgehead atoms. The Labute approximate surface area is 74.1 Å². The van der Waals surface area contributed by atoms with E-state index in [1.54, 1.807) is 0 Å². The first kappa shape index (κ1) is 9.88. The molecule has 0 saturated carbocycles. The van der Waals surface area contributed by atoms with Gasteiger partial charge in [-0.2, -0.15) is 0 Å². The SMILES string of the molecule is CC[C]([Cd])(CC)CCN. The minimum atomic E-state index is 0.679. The van der Waals surface area contributed by atoms with Crippen LogP contribution in [-0.2, 0) is 25.8 Å². The summed E-state index contributed by atoms with van der Waals surface area (Å²) < 4.78 is 0.679. The average Bonchev–Trinajstić information content (AvgIpc) is 1.89. The van der Waals surface area contributed by atoms with Gasteiger partial charge in [-0.05, 0) is 0 Å². The van der Waals surface area contributed by atoms with Gasteiger partial charge in [-0.1, -0.05) is 0 Å². The van der Waals surface area contributed by atoms with E-state index in [2.05, 4.69) is 13.8 Å². The Balaban J connectivity index is 3.62. The summed E-state index contributed by atoms with van der Waals surface area (Å²) in [7, 11) is 0. The van der Waals surface area contributed by atoms with Crippen LogP contribution in [0.1, 0.15) is 33.1 Å². The molecule has 0 atom stereocenters. The molecule has 0 heterocycles. The molecule has 9 heavy (non-hydrogen) atoms. The summed E-state index contributed by atoms with van der Waals surface area (Å²) in [6.07, 6.45) is 3.89. The van der Waals surface area contributed by atoms with E-state index in [1.165, 1.54) is 19.3 Å². The van der Waals surface area contributed by atoms with Gasteiger partial charge in [-0.25, -0.2) is 0 Å². The number of hydrogen-bond donors (Lipinski definition) is 1. The van der Waals surface area contributed by atoms with Gasteiger partial charge < -0.3 is 0 Å². The van der Waals surface area contributed by atoms with E-state index in [9.17, 15) is 0 Å². The average molecular weight is 227 g/mol. The van der Waals surface area contributed by atoms with Crippen LogP contribution in [0.25, 0.3) is 0 Å². The Bertz CT molecular complexity index is 69.3. The third kappa shape index (κ3) is 3.55. The molecule has 0 aliphatic carbocycles. The van der Waals surface area contributed by atoms with Crippen molar-refractivity contribution in [3.05, 3.63) is 0 Å². The van der Waals surface area contributed by atoms with Gasteiger partial charge in [-0.3, -0.25) is 0 Å². The Kier molecular flexibility index (Phi) is 5.12. The standard InChI is InChI=1S/C7H16N.Cd/c1-3-7(4-2)5-6-8;/h3-6,8H2,1-2H3;. The molecule has 0 spiro atoms. The predicted molar refractivity (Wildman–Crippen MR) is 36.9 cm³/mol. The van der Waals surface area contributed by atoms with Gasteiger partial charge in [0.1, 0.15) is 0 Å². The van der Waals surface area contributed by atoms with Crippen molar-refractivity contribution in [2.45, 2.75) is 36.1 Å². The molecule has 0 unspecified atom stereocenters. The van der Waals surface area contributed by atoms with E-state index in [0.717, 1.165) is 32.3 Å². The van der Waals surface area contributed by atoms with Crippen molar-refractivity contribution in [2.75, 3.05) is 6.54 Å². The second kappa shape index (κ2) is 4.66. The quantitative estimate of drug-likeness (QED) is 0.728. The maximum absolute atomic E-state index is 5.49. The Morgan fingerprint density at radius 3 is 1.89 bits per heavy atom. The molecule has 0 aromatic rings. The molecule has 0 amide bonds. The van der Waals surface area contributed by atoms with Crippen LogP contribution in [-0.4, -0.2) is 6.54 Å². The Morgan fingerprint density at radius 1 is 1.33 bits per heavy atom. The molecule has 0 saturated heterocycles. The second-order valence-electron chi connectivity index (χ2n) is 2.75. The van der Waals surface area contributed by atoms with Gasteiger partial charge in [0.2, 0.25) is 0 Å². The number of rotatable bonds is 4. The maximum atomic E-state index is 5.49. The third-order valence-electron chi connectivity index (χ3n) is 2.17. The first-order valence-corrected chi connectivity index (χ1v) is 5.75. The van der Waals surface area contributed by atoms with Crippen LogP contribution >= 0.6 is 0 Å². The van der Waals surface area contributed by atoms with Gasteiger partial charge in [0.25, 0.3) is 0 Å². The van der Waals surface area contributed by atoms with Crippen molar-refractivity contribution < 1.29 is 25.8 Å². The summed E-state index contributed by atoms with van der Waals surface area (Å²) in [5.74, 6) is 0. The summed E-state index contributed by atoms with van der Waals surface area (Å²) in [6.45, 7) is 5.43. The summed E-state index contributed by atoms with van der Waals surface area (Å²) >= 11 is 1.07. The molecule has 1 nitrogen and oxygen atoms in total. The summed E-state index contributed by atoms with van der Waals surface area (Å²) in [6, 6.07) is 0. The fraction of sp³-hybridized carbons (Fsp3) is 1.00. The zero-order valence-electron chi connectivity index (χ0n) is 6.61. The van der Waals surface area contributed by atoms with Crippen molar-refractivity contribution in [1.29, 1.82) is 0 Å². The van der Waals surface area contributed by atoms with Crippen LogP contribution in [0.5, 0.6) is 0 Å². The van der Waals surface area contributed by atoms with Crippen LogP contribution in [0.15, 0.2) is 0 Å². The van der Waals surface area contributed by atoms with Gasteiger partial charge in [-0.15, -0.1) is 0 Å². The molecular weight excluding hydrogens is 210 g/mol. The van der Waals surface area contributed by atoms with Crippen LogP contribution in [0.2, 0.25) is 2.97 Å². The molecule has 0 fully saturated rings. The molecule has 0 aliphatic rings. The molecule has 2 heteroatoms. The van der Waals surface area contributed by atoms with Gasteiger partial charge in [0.15, 0.2) is 0 Å². The topological polar surface area (TPSA) is 26.0 Å². The van der Waals surface area contributed by atoms with Crippen LogP contribution < -0.4 is 5.73 Å². The zero-order chi connectivity index (χ0) is 7.33. The first-order chi connectivity index (χ1) is 4.18. The van der Waals surface area contributed by atoms with E-state index in [-0.39, 0.29) is 0 Å². The van der Waals surface area contributed by atoms with Crippen molar-refractivity contribution in [3.8, 4) is 0 Å². The summed E-state index contributed by atoms with van der Waals surface area (Å²) in [4.78, 5) is 0. The summed E-state index contributed by atoms with van der Waals surface area (Å²) in [5.41, 5.74) is 5.49. The molecule has 0 radical (unpaired) electrons. The molecule has 0 rings (SSSR count). The predicted octanol–water partition coefficient (Wildman–Crippen LogP) is 1.86. The van der Waals surface area contributed by atoms with Gasteiger partial charge in [0, 0.05) is 0 Å². The first-order valence-electron chi connectivity index (χ1n) is 3.74. The molecule has 51 valence electrons. The normalized spacial score (nSPS) is 12.1. The van der Waals surface area contributed by atoms with Crippen LogP contribution in [0.4, 0.5) is 0 Å². The van der Waals surface area contributed by atoms with Crippen molar-refractivity contribution >= 4 is 0 Å². The molecular formula is C7H16CdN. The molecule has 2 N–H and O–H groups in total. The van der Waals surface area contributed by atoms with E-state index in [4.69, 9.17) is 5.73 Å². The van der Waals surface area contributed by atoms with Crippen molar-refractivity contribution in [3.63, 3.8) is 0 Å². The number of nitrogens with two attached hydrogens (primary N) is 1. The monoisotopic (exact) mass is 228 g/mol. The third-order valence-corrected chi connectivity index (χ3v) is 6.04. The van der Waals surface area contributed by atoms with Crippen molar-refractivity contribution in [2.24, 2.45) is 5.73 Å². The Hall–Kier alpha value is 0.882. The van der Waals surface area contributed by atoms with E-state index in [0.29, 0.717) is 2.97 Å². The zero-order valence-corrected chi connectivity index (χ0v) is 10.6. The summed E-state index contributed by atoms with van der Waals surface area (Å²) in [5, 5.41) is 0. The van der Waals surface area contributed by atoms with E-state index >= 15 is 0 Å². The van der Waals surface area contributed by atoms with Crippen LogP contribution in [0, 0.1) is 0 Å². The molecule has 0 aromatic heterocycles. The van der Waals surface area contributed by atoms with Crippen LogP contribution in [0.3, 0.4) is 0 Å². The van der Waals surface area contributed by atoms with E-state index < -0.39 is 0 Å². The molecule has 0 aromatic carbocycles. The second-order valence-corrected chi connectivity index (χ2v) is 7.03. The van der Waals surface area contributed by atoms with Crippen molar-refractivity contribution in [1.82, 2.24) is 0 Å². The Morgan fingerprint density at radius 2 is 1.78 bits per heavy atom. The fourth-order valence-corrected chi connectivity index (χ4v) is 1.49. The fourth-order valence-electron chi connectivity index (χ4n) is 0.910. The van der Waals surface area contributed by atoms with E-state index in [1.807, 2.05) is 0 Å². The minimum absolute atomic E-state index is 0.679. The van der Waals surface area contributed by atoms with Gasteiger partial charge in [0.05, 0.1) is 0 Å². The molecule has 0 aliphatic heterocycles.